The number of carbonyl (C=O) groups excluding carboxylic acids is 1. The lowest BCUT2D eigenvalue weighted by Gasteiger charge is -2.21. The van der Waals surface area contributed by atoms with Gasteiger partial charge in [0.2, 0.25) is 0 Å². The fraction of sp³-hybridized carbons (Fsp3) is 0.444. The standard InChI is InChI=1S/C18H22N2O2S/c1-18(2,3)13-8-6-7-12(15(13)21)11-14-16(22)19-17(23-14)20-9-4-5-10-20/h6-8,11,21H,4-5,9-10H2,1-3H3/b14-11-. The molecular formula is C18H22N2O2S. The second kappa shape index (κ2) is 6.04. The van der Waals surface area contributed by atoms with Crippen molar-refractivity contribution in [3.05, 3.63) is 34.2 Å². The summed E-state index contributed by atoms with van der Waals surface area (Å²) in [5, 5.41) is 11.3. The molecule has 0 aromatic heterocycles. The number of likely N-dealkylation sites (tertiary alicyclic amines) is 1. The van der Waals surface area contributed by atoms with Crippen LogP contribution >= 0.6 is 11.8 Å². The van der Waals surface area contributed by atoms with E-state index in [4.69, 9.17) is 0 Å². The van der Waals surface area contributed by atoms with Crippen molar-refractivity contribution in [3.63, 3.8) is 0 Å². The zero-order valence-electron chi connectivity index (χ0n) is 13.8. The number of rotatable bonds is 1. The molecule has 0 bridgehead atoms. The lowest BCUT2D eigenvalue weighted by Crippen LogP contribution is -2.23. The first kappa shape index (κ1) is 16.1. The summed E-state index contributed by atoms with van der Waals surface area (Å²) in [6.45, 7) is 8.11. The molecule has 1 N–H and O–H groups in total. The molecule has 1 aromatic rings. The summed E-state index contributed by atoms with van der Waals surface area (Å²) in [6.07, 6.45) is 4.06. The Bertz CT molecular complexity index is 695. The maximum atomic E-state index is 12.2. The molecule has 2 aliphatic rings. The number of hydrogen-bond donors (Lipinski definition) is 1. The van der Waals surface area contributed by atoms with Crippen molar-refractivity contribution in [3.8, 4) is 5.75 Å². The third-order valence-corrected chi connectivity index (χ3v) is 5.19. The molecule has 1 aromatic carbocycles. The van der Waals surface area contributed by atoms with Gasteiger partial charge in [0.1, 0.15) is 5.75 Å². The summed E-state index contributed by atoms with van der Waals surface area (Å²) in [4.78, 5) is 19.1. The molecule has 1 fully saturated rings. The predicted octanol–water partition coefficient (Wildman–Crippen LogP) is 3.76. The van der Waals surface area contributed by atoms with Gasteiger partial charge in [0.05, 0.1) is 4.91 Å². The minimum absolute atomic E-state index is 0.150. The van der Waals surface area contributed by atoms with Gasteiger partial charge in [-0.3, -0.25) is 4.79 Å². The Morgan fingerprint density at radius 3 is 2.61 bits per heavy atom. The number of nitrogens with zero attached hydrogens (tertiary/aromatic N) is 2. The second-order valence-corrected chi connectivity index (χ2v) is 8.01. The van der Waals surface area contributed by atoms with E-state index < -0.39 is 0 Å². The van der Waals surface area contributed by atoms with E-state index >= 15 is 0 Å². The molecular weight excluding hydrogens is 308 g/mol. The fourth-order valence-electron chi connectivity index (χ4n) is 2.87. The molecule has 0 aliphatic carbocycles. The highest BCUT2D eigenvalue weighted by Crippen LogP contribution is 2.37. The number of phenolic OH excluding ortho intramolecular Hbond substituents is 1. The Hall–Kier alpha value is -1.75. The largest absolute Gasteiger partial charge is 0.507 e. The molecule has 2 heterocycles. The number of aromatic hydroxyl groups is 1. The maximum Gasteiger partial charge on any atom is 0.286 e. The monoisotopic (exact) mass is 330 g/mol. The van der Waals surface area contributed by atoms with E-state index in [0.29, 0.717) is 10.5 Å². The number of para-hydroxylation sites is 1. The Kier molecular flexibility index (Phi) is 4.23. The molecule has 0 spiro atoms. The summed E-state index contributed by atoms with van der Waals surface area (Å²) < 4.78 is 0. The topological polar surface area (TPSA) is 52.9 Å². The van der Waals surface area contributed by atoms with Gasteiger partial charge in [-0.25, -0.2) is 0 Å². The molecule has 0 saturated carbocycles. The average Bonchev–Trinajstić information content (AvgIpc) is 3.10. The summed E-state index contributed by atoms with van der Waals surface area (Å²) >= 11 is 1.41. The van der Waals surface area contributed by atoms with E-state index in [9.17, 15) is 9.90 Å². The Morgan fingerprint density at radius 1 is 1.26 bits per heavy atom. The van der Waals surface area contributed by atoms with E-state index in [1.807, 2.05) is 18.2 Å². The molecule has 2 aliphatic heterocycles. The van der Waals surface area contributed by atoms with Crippen LogP contribution in [0, 0.1) is 0 Å². The van der Waals surface area contributed by atoms with Crippen LogP contribution in [0.15, 0.2) is 28.1 Å². The van der Waals surface area contributed by atoms with E-state index in [2.05, 4.69) is 30.7 Å². The Labute approximate surface area is 141 Å². The summed E-state index contributed by atoms with van der Waals surface area (Å²) in [5.41, 5.74) is 1.40. The first-order valence-corrected chi connectivity index (χ1v) is 8.78. The van der Waals surface area contributed by atoms with Crippen molar-refractivity contribution < 1.29 is 9.90 Å². The third-order valence-electron chi connectivity index (χ3n) is 4.15. The van der Waals surface area contributed by atoms with E-state index in [-0.39, 0.29) is 17.1 Å². The summed E-state index contributed by atoms with van der Waals surface area (Å²) in [7, 11) is 0. The zero-order valence-corrected chi connectivity index (χ0v) is 14.6. The van der Waals surface area contributed by atoms with Crippen molar-refractivity contribution in [1.29, 1.82) is 0 Å². The number of amidine groups is 1. The molecule has 1 amide bonds. The van der Waals surface area contributed by atoms with Crippen LogP contribution in [0.2, 0.25) is 0 Å². The number of aliphatic imine (C=N–C) groups is 1. The van der Waals surface area contributed by atoms with Crippen molar-refractivity contribution in [2.45, 2.75) is 39.0 Å². The van der Waals surface area contributed by atoms with Crippen LogP contribution in [-0.4, -0.2) is 34.2 Å². The van der Waals surface area contributed by atoms with Crippen molar-refractivity contribution in [2.75, 3.05) is 13.1 Å². The molecule has 5 heteroatoms. The second-order valence-electron chi connectivity index (χ2n) is 7.00. The number of carbonyl (C=O) groups is 1. The van der Waals surface area contributed by atoms with Crippen LogP contribution in [0.5, 0.6) is 5.75 Å². The summed E-state index contributed by atoms with van der Waals surface area (Å²) in [6, 6.07) is 5.67. The molecule has 0 radical (unpaired) electrons. The SMILES string of the molecule is CC(C)(C)c1cccc(/C=C2\SC(N3CCCC3)=NC2=O)c1O. The van der Waals surface area contributed by atoms with Gasteiger partial charge in [-0.15, -0.1) is 0 Å². The summed E-state index contributed by atoms with van der Waals surface area (Å²) in [5.74, 6) is 0.0352. The first-order chi connectivity index (χ1) is 10.9. The van der Waals surface area contributed by atoms with Crippen molar-refractivity contribution >= 4 is 28.9 Å². The number of thioether (sulfide) groups is 1. The van der Waals surface area contributed by atoms with Crippen LogP contribution in [-0.2, 0) is 10.2 Å². The smallest absolute Gasteiger partial charge is 0.286 e. The van der Waals surface area contributed by atoms with Gasteiger partial charge in [0.15, 0.2) is 5.17 Å². The normalized spacial score (nSPS) is 20.5. The van der Waals surface area contributed by atoms with E-state index in [0.717, 1.165) is 36.7 Å². The Morgan fingerprint density at radius 2 is 1.96 bits per heavy atom. The molecule has 3 rings (SSSR count). The molecule has 1 saturated heterocycles. The lowest BCUT2D eigenvalue weighted by atomic mass is 9.85. The molecule has 4 nitrogen and oxygen atoms in total. The average molecular weight is 330 g/mol. The van der Waals surface area contributed by atoms with Gasteiger partial charge >= 0.3 is 0 Å². The number of phenols is 1. The van der Waals surface area contributed by atoms with E-state index in [1.165, 1.54) is 11.8 Å². The van der Waals surface area contributed by atoms with Crippen LogP contribution in [0.4, 0.5) is 0 Å². The third kappa shape index (κ3) is 3.29. The quantitative estimate of drug-likeness (QED) is 0.797. The number of hydrogen-bond acceptors (Lipinski definition) is 4. The van der Waals surface area contributed by atoms with Gasteiger partial charge < -0.3 is 10.0 Å². The van der Waals surface area contributed by atoms with Gasteiger partial charge in [0, 0.05) is 18.7 Å². The van der Waals surface area contributed by atoms with Gasteiger partial charge in [-0.2, -0.15) is 4.99 Å². The highest BCUT2D eigenvalue weighted by molar-refractivity contribution is 8.18. The van der Waals surface area contributed by atoms with Crippen LogP contribution in [0.1, 0.15) is 44.7 Å². The van der Waals surface area contributed by atoms with E-state index in [1.54, 1.807) is 6.08 Å². The predicted molar refractivity (Wildman–Crippen MR) is 95.6 cm³/mol. The minimum atomic E-state index is -0.211. The molecule has 0 unspecified atom stereocenters. The fourth-order valence-corrected chi connectivity index (χ4v) is 3.82. The van der Waals surface area contributed by atoms with Gasteiger partial charge in [-0.05, 0) is 41.7 Å². The van der Waals surface area contributed by atoms with Crippen LogP contribution in [0.25, 0.3) is 6.08 Å². The minimum Gasteiger partial charge on any atom is -0.507 e. The molecule has 23 heavy (non-hydrogen) atoms. The number of amides is 1. The lowest BCUT2D eigenvalue weighted by molar-refractivity contribution is -0.113. The number of benzene rings is 1. The van der Waals surface area contributed by atoms with Gasteiger partial charge in [-0.1, -0.05) is 39.0 Å². The van der Waals surface area contributed by atoms with Crippen molar-refractivity contribution in [2.24, 2.45) is 4.99 Å². The van der Waals surface area contributed by atoms with Crippen LogP contribution < -0.4 is 0 Å². The highest BCUT2D eigenvalue weighted by Gasteiger charge is 2.28. The molecule has 122 valence electrons. The zero-order chi connectivity index (χ0) is 16.6. The molecule has 0 atom stereocenters. The van der Waals surface area contributed by atoms with Crippen molar-refractivity contribution in [1.82, 2.24) is 4.90 Å². The Balaban J connectivity index is 1.87. The van der Waals surface area contributed by atoms with Crippen LogP contribution in [0.3, 0.4) is 0 Å². The maximum absolute atomic E-state index is 12.2. The first-order valence-electron chi connectivity index (χ1n) is 7.96. The highest BCUT2D eigenvalue weighted by atomic mass is 32.2. The van der Waals surface area contributed by atoms with Gasteiger partial charge in [0.25, 0.3) is 5.91 Å².